The Morgan fingerprint density at radius 1 is 1.12 bits per heavy atom. The predicted octanol–water partition coefficient (Wildman–Crippen LogP) is 4.65. The van der Waals surface area contributed by atoms with Crippen LogP contribution < -0.4 is 0 Å². The van der Waals surface area contributed by atoms with E-state index >= 15 is 0 Å². The second-order valence-corrected chi connectivity index (χ2v) is 12.2. The van der Waals surface area contributed by atoms with Crippen LogP contribution in [0.2, 0.25) is 0 Å². The van der Waals surface area contributed by atoms with Crippen LogP contribution in [0.5, 0.6) is 0 Å². The number of hydrogen-bond acceptors (Lipinski definition) is 5. The number of hydrogen-bond donors (Lipinski definition) is 1. The van der Waals surface area contributed by atoms with Crippen molar-refractivity contribution in [2.45, 2.75) is 76.9 Å². The summed E-state index contributed by atoms with van der Waals surface area (Å²) >= 11 is 0. The molecule has 2 aromatic heterocycles. The Balaban J connectivity index is 1.16. The average molecular weight is 466 g/mol. The Morgan fingerprint density at radius 2 is 1.97 bits per heavy atom. The number of ether oxygens (including phenoxy) is 1. The average Bonchev–Trinajstić information content (AvgIpc) is 3.38. The summed E-state index contributed by atoms with van der Waals surface area (Å²) < 4.78 is 7.15. The molecule has 0 radical (unpaired) electrons. The molecule has 0 amide bonds. The molecule has 8 atom stereocenters. The highest BCUT2D eigenvalue weighted by atomic mass is 16.5. The summed E-state index contributed by atoms with van der Waals surface area (Å²) in [6.45, 7) is 3.26. The highest BCUT2D eigenvalue weighted by Gasteiger charge is 2.59. The molecule has 6 heteroatoms. The Kier molecular flexibility index (Phi) is 5.60. The van der Waals surface area contributed by atoms with Crippen LogP contribution in [0, 0.1) is 40.9 Å². The molecule has 2 aromatic rings. The third-order valence-corrected chi connectivity index (χ3v) is 10.5. The molecule has 34 heavy (non-hydrogen) atoms. The molecular formula is C28H39N3O3. The van der Waals surface area contributed by atoms with E-state index in [9.17, 15) is 9.90 Å². The molecular weight excluding hydrogens is 426 g/mol. The summed E-state index contributed by atoms with van der Waals surface area (Å²) in [6.07, 6.45) is 13.8. The van der Waals surface area contributed by atoms with E-state index in [0.717, 1.165) is 54.5 Å². The summed E-state index contributed by atoms with van der Waals surface area (Å²) in [7, 11) is 1.70. The predicted molar refractivity (Wildman–Crippen MR) is 130 cm³/mol. The van der Waals surface area contributed by atoms with Gasteiger partial charge in [0, 0.05) is 19.2 Å². The summed E-state index contributed by atoms with van der Waals surface area (Å²) in [5.41, 5.74) is 1.21. The minimum absolute atomic E-state index is 0.126. The van der Waals surface area contributed by atoms with Gasteiger partial charge in [0.15, 0.2) is 5.78 Å². The van der Waals surface area contributed by atoms with E-state index < -0.39 is 5.60 Å². The van der Waals surface area contributed by atoms with E-state index in [4.69, 9.17) is 4.74 Å². The maximum Gasteiger partial charge on any atom is 0.157 e. The number of nitrogens with zero attached hydrogens (tertiary/aromatic N) is 3. The Morgan fingerprint density at radius 3 is 2.79 bits per heavy atom. The van der Waals surface area contributed by atoms with Gasteiger partial charge in [0.05, 0.1) is 24.9 Å². The van der Waals surface area contributed by atoms with Gasteiger partial charge in [0.25, 0.3) is 0 Å². The van der Waals surface area contributed by atoms with Crippen LogP contribution in [0.3, 0.4) is 0 Å². The van der Waals surface area contributed by atoms with Crippen molar-refractivity contribution in [3.8, 4) is 0 Å². The lowest BCUT2D eigenvalue weighted by Gasteiger charge is -2.57. The van der Waals surface area contributed by atoms with Crippen LogP contribution >= 0.6 is 0 Å². The summed E-state index contributed by atoms with van der Waals surface area (Å²) in [5.74, 6) is 4.09. The first kappa shape index (κ1) is 22.7. The van der Waals surface area contributed by atoms with Crippen LogP contribution in [0.25, 0.3) is 11.0 Å². The minimum atomic E-state index is -0.621. The second-order valence-electron chi connectivity index (χ2n) is 12.2. The van der Waals surface area contributed by atoms with Crippen molar-refractivity contribution in [1.82, 2.24) is 14.8 Å². The Bertz CT molecular complexity index is 1040. The van der Waals surface area contributed by atoms with E-state index in [1.807, 2.05) is 18.3 Å². The molecule has 8 unspecified atom stereocenters. The molecule has 0 aliphatic heterocycles. The SMILES string of the molecule is COCC1(O)CCC2C(CCC3C2CCC2(C)C(C(=O)Cn4cc5ncccc5n4)CCC32)C1. The van der Waals surface area contributed by atoms with Crippen molar-refractivity contribution in [2.75, 3.05) is 13.7 Å². The number of aliphatic hydroxyl groups is 1. The molecule has 0 saturated heterocycles. The van der Waals surface area contributed by atoms with Gasteiger partial charge < -0.3 is 9.84 Å². The van der Waals surface area contributed by atoms with Gasteiger partial charge in [-0.25, -0.2) is 0 Å². The quantitative estimate of drug-likeness (QED) is 0.696. The number of methoxy groups -OCH3 is 1. The highest BCUT2D eigenvalue weighted by Crippen LogP contribution is 2.64. The first-order chi connectivity index (χ1) is 16.4. The molecule has 4 fully saturated rings. The normalized spacial score (nSPS) is 41.6. The monoisotopic (exact) mass is 465 g/mol. The van der Waals surface area contributed by atoms with Gasteiger partial charge in [0.2, 0.25) is 0 Å². The lowest BCUT2D eigenvalue weighted by Crippen LogP contribution is -2.52. The zero-order chi connectivity index (χ0) is 23.5. The zero-order valence-electron chi connectivity index (χ0n) is 20.7. The summed E-state index contributed by atoms with van der Waals surface area (Å²) in [4.78, 5) is 17.9. The molecule has 184 valence electrons. The molecule has 0 bridgehead atoms. The zero-order valence-corrected chi connectivity index (χ0v) is 20.7. The molecule has 0 aromatic carbocycles. The summed E-state index contributed by atoms with van der Waals surface area (Å²) in [6, 6.07) is 3.84. The molecule has 4 aliphatic rings. The van der Waals surface area contributed by atoms with Crippen molar-refractivity contribution in [1.29, 1.82) is 0 Å². The molecule has 4 saturated carbocycles. The van der Waals surface area contributed by atoms with E-state index in [1.165, 1.54) is 32.1 Å². The first-order valence-corrected chi connectivity index (χ1v) is 13.4. The minimum Gasteiger partial charge on any atom is -0.387 e. The Labute approximate surface area is 202 Å². The van der Waals surface area contributed by atoms with Gasteiger partial charge in [-0.15, -0.1) is 0 Å². The maximum absolute atomic E-state index is 13.6. The van der Waals surface area contributed by atoms with E-state index in [2.05, 4.69) is 17.0 Å². The van der Waals surface area contributed by atoms with Crippen molar-refractivity contribution in [3.63, 3.8) is 0 Å². The van der Waals surface area contributed by atoms with Crippen molar-refractivity contribution >= 4 is 16.8 Å². The van der Waals surface area contributed by atoms with Crippen molar-refractivity contribution < 1.29 is 14.6 Å². The molecule has 6 nitrogen and oxygen atoms in total. The van der Waals surface area contributed by atoms with E-state index in [1.54, 1.807) is 18.0 Å². The second kappa shape index (κ2) is 8.41. The number of carbonyl (C=O) groups excluding carboxylic acids is 1. The third kappa shape index (κ3) is 3.63. The number of ketones is 1. The molecule has 2 heterocycles. The van der Waals surface area contributed by atoms with E-state index in [0.29, 0.717) is 30.8 Å². The van der Waals surface area contributed by atoms with Crippen molar-refractivity contribution in [3.05, 3.63) is 24.5 Å². The van der Waals surface area contributed by atoms with Crippen LogP contribution in [0.4, 0.5) is 0 Å². The number of rotatable bonds is 5. The fraction of sp³-hybridized carbons (Fsp3) is 0.750. The molecule has 0 spiro atoms. The smallest absolute Gasteiger partial charge is 0.157 e. The lowest BCUT2D eigenvalue weighted by atomic mass is 9.49. The van der Waals surface area contributed by atoms with Crippen LogP contribution in [-0.4, -0.2) is 45.0 Å². The summed E-state index contributed by atoms with van der Waals surface area (Å²) in [5, 5.41) is 15.6. The Hall–Kier alpha value is -1.79. The van der Waals surface area contributed by atoms with Gasteiger partial charge in [-0.2, -0.15) is 5.10 Å². The van der Waals surface area contributed by atoms with E-state index in [-0.39, 0.29) is 11.3 Å². The number of carbonyl (C=O) groups is 1. The van der Waals surface area contributed by atoms with Crippen LogP contribution in [0.15, 0.2) is 24.5 Å². The molecule has 4 aliphatic carbocycles. The van der Waals surface area contributed by atoms with Crippen LogP contribution in [0.1, 0.15) is 64.7 Å². The van der Waals surface area contributed by atoms with Gasteiger partial charge in [0.1, 0.15) is 11.0 Å². The van der Waals surface area contributed by atoms with Gasteiger partial charge >= 0.3 is 0 Å². The number of pyridine rings is 1. The third-order valence-electron chi connectivity index (χ3n) is 10.5. The number of Topliss-reactive ketones (excluding diaryl/α,β-unsaturated/α-hetero) is 1. The number of aromatic nitrogens is 3. The largest absolute Gasteiger partial charge is 0.387 e. The molecule has 1 N–H and O–H groups in total. The first-order valence-electron chi connectivity index (χ1n) is 13.4. The van der Waals surface area contributed by atoms with Gasteiger partial charge in [-0.05, 0) is 105 Å². The fourth-order valence-corrected chi connectivity index (χ4v) is 9.14. The highest BCUT2D eigenvalue weighted by molar-refractivity contribution is 5.82. The van der Waals surface area contributed by atoms with Crippen LogP contribution in [-0.2, 0) is 16.1 Å². The molecule has 6 rings (SSSR count). The number of fused-ring (bicyclic) bond motifs is 6. The van der Waals surface area contributed by atoms with Gasteiger partial charge in [-0.3, -0.25) is 14.5 Å². The standard InChI is InChI=1S/C28H39N3O3/c1-27-11-9-20-19-10-12-28(33,17-34-2)14-18(19)5-6-21(20)22(27)7-8-23(27)26(32)16-31-15-25-24(30-31)4-3-13-29-25/h3-4,13,15,18-23,33H,5-12,14,16-17H2,1-2H3. The topological polar surface area (TPSA) is 77.2 Å². The van der Waals surface area contributed by atoms with Crippen molar-refractivity contribution in [2.24, 2.45) is 40.9 Å². The fourth-order valence-electron chi connectivity index (χ4n) is 9.14. The maximum atomic E-state index is 13.6. The lowest BCUT2D eigenvalue weighted by molar-refractivity contribution is -0.136. The van der Waals surface area contributed by atoms with Gasteiger partial charge in [-0.1, -0.05) is 6.92 Å².